The van der Waals surface area contributed by atoms with Gasteiger partial charge in [-0.3, -0.25) is 0 Å². The summed E-state index contributed by atoms with van der Waals surface area (Å²) in [6.07, 6.45) is 0.466. The van der Waals surface area contributed by atoms with E-state index in [4.69, 9.17) is 11.6 Å². The molecule has 0 spiro atoms. The first-order valence-corrected chi connectivity index (χ1v) is 13.4. The van der Waals surface area contributed by atoms with Crippen LogP contribution in [0, 0.1) is 0 Å². The highest BCUT2D eigenvalue weighted by atomic mass is 35.5. The Hall–Kier alpha value is -2.52. The Labute approximate surface area is 187 Å². The summed E-state index contributed by atoms with van der Waals surface area (Å²) in [5.74, 6) is 0. The molecule has 0 aromatic heterocycles. The van der Waals surface area contributed by atoms with Crippen LogP contribution in [0.25, 0.3) is 0 Å². The lowest BCUT2D eigenvalue weighted by Crippen LogP contribution is -2.32. The van der Waals surface area contributed by atoms with E-state index in [1.807, 2.05) is 54.6 Å². The van der Waals surface area contributed by atoms with Crippen molar-refractivity contribution in [1.29, 1.82) is 0 Å². The Morgan fingerprint density at radius 2 is 1.10 bits per heavy atom. The third kappa shape index (κ3) is 4.43. The largest absolute Gasteiger partial charge is 0.332 e. The Morgan fingerprint density at radius 1 is 0.677 bits per heavy atom. The van der Waals surface area contributed by atoms with Gasteiger partial charge in [-0.15, -0.1) is 3.89 Å². The maximum Gasteiger partial charge on any atom is 0.332 e. The summed E-state index contributed by atoms with van der Waals surface area (Å²) in [6, 6.07) is 34.5. The minimum Gasteiger partial charge on any atom is -0.189 e. The molecule has 0 saturated carbocycles. The zero-order chi connectivity index (χ0) is 21.9. The molecule has 156 valence electrons. The molecular weight excluding hydrogens is 450 g/mol. The molecule has 0 aliphatic rings. The number of benzene rings is 4. The van der Waals surface area contributed by atoms with Crippen LogP contribution in [0.2, 0.25) is 5.02 Å². The van der Waals surface area contributed by atoms with Crippen molar-refractivity contribution in [2.75, 3.05) is 0 Å². The van der Waals surface area contributed by atoms with Crippen LogP contribution < -0.4 is 15.9 Å². The van der Waals surface area contributed by atoms with Crippen molar-refractivity contribution < 1.29 is 12.3 Å². The first-order chi connectivity index (χ1) is 14.9. The first-order valence-electron chi connectivity index (χ1n) is 9.69. The normalized spacial score (nSPS) is 11.9. The van der Waals surface area contributed by atoms with Crippen molar-refractivity contribution in [2.24, 2.45) is 0 Å². The lowest BCUT2D eigenvalue weighted by molar-refractivity contribution is 0.552. The van der Waals surface area contributed by atoms with E-state index in [0.29, 0.717) is 16.7 Å². The fourth-order valence-corrected chi connectivity index (χ4v) is 8.90. The quantitative estimate of drug-likeness (QED) is 0.276. The molecule has 2 nitrogen and oxygen atoms in total. The van der Waals surface area contributed by atoms with Crippen molar-refractivity contribution in [1.82, 2.24) is 0 Å². The summed E-state index contributed by atoms with van der Waals surface area (Å²) in [7, 11) is -7.11. The van der Waals surface area contributed by atoms with Crippen LogP contribution in [0.3, 0.4) is 0 Å². The van der Waals surface area contributed by atoms with E-state index in [2.05, 4.69) is 36.4 Å². The molecule has 0 unspecified atom stereocenters. The molecule has 4 aromatic rings. The second-order valence-corrected chi connectivity index (χ2v) is 12.4. The second-order valence-electron chi connectivity index (χ2n) is 7.17. The maximum absolute atomic E-state index is 13.8. The molecule has 6 heteroatoms. The van der Waals surface area contributed by atoms with Crippen molar-refractivity contribution >= 4 is 45.0 Å². The van der Waals surface area contributed by atoms with E-state index in [0.717, 1.165) is 15.9 Å². The summed E-state index contributed by atoms with van der Waals surface area (Å²) in [6.45, 7) is 0. The summed E-state index contributed by atoms with van der Waals surface area (Å²) in [4.78, 5) is -0.376. The molecule has 0 amide bonds. The van der Waals surface area contributed by atoms with E-state index in [-0.39, 0.29) is 4.90 Å². The lowest BCUT2D eigenvalue weighted by atomic mass is 10.2. The SMILES string of the molecule is O=S(=O)(F)c1ccc(Cl)c(C[P+](c2ccccc2)(c2ccccc2)c2ccccc2)c1. The van der Waals surface area contributed by atoms with Crippen LogP contribution in [0.15, 0.2) is 114 Å². The van der Waals surface area contributed by atoms with Gasteiger partial charge in [-0.2, -0.15) is 8.42 Å². The van der Waals surface area contributed by atoms with Gasteiger partial charge in [0.15, 0.2) is 0 Å². The average Bonchev–Trinajstić information content (AvgIpc) is 2.79. The van der Waals surface area contributed by atoms with Gasteiger partial charge >= 0.3 is 10.2 Å². The van der Waals surface area contributed by atoms with Crippen molar-refractivity contribution in [2.45, 2.75) is 11.1 Å². The molecule has 0 aliphatic carbocycles. The van der Waals surface area contributed by atoms with Crippen molar-refractivity contribution in [3.05, 3.63) is 120 Å². The number of rotatable bonds is 6. The zero-order valence-electron chi connectivity index (χ0n) is 16.5. The summed E-state index contributed by atoms with van der Waals surface area (Å²) in [5, 5.41) is 3.82. The Kier molecular flexibility index (Phi) is 6.24. The molecular formula is C25H20ClFO2PS+. The van der Waals surface area contributed by atoms with Crippen LogP contribution >= 0.6 is 18.9 Å². The van der Waals surface area contributed by atoms with Gasteiger partial charge in [0.2, 0.25) is 0 Å². The molecule has 4 aromatic carbocycles. The Morgan fingerprint density at radius 3 is 1.48 bits per heavy atom. The molecule has 0 atom stereocenters. The van der Waals surface area contributed by atoms with Crippen LogP contribution in [0.5, 0.6) is 0 Å². The fourth-order valence-electron chi connectivity index (χ4n) is 3.85. The smallest absolute Gasteiger partial charge is 0.189 e. The molecule has 0 N–H and O–H groups in total. The fraction of sp³-hybridized carbons (Fsp3) is 0.0400. The topological polar surface area (TPSA) is 34.1 Å². The van der Waals surface area contributed by atoms with Gasteiger partial charge in [0.05, 0.1) is 11.1 Å². The van der Waals surface area contributed by atoms with Gasteiger partial charge in [0.25, 0.3) is 0 Å². The highest BCUT2D eigenvalue weighted by molar-refractivity contribution is 7.95. The number of hydrogen-bond acceptors (Lipinski definition) is 2. The number of hydrogen-bond donors (Lipinski definition) is 0. The highest BCUT2D eigenvalue weighted by Gasteiger charge is 2.45. The minimum atomic E-state index is -4.84. The zero-order valence-corrected chi connectivity index (χ0v) is 19.0. The van der Waals surface area contributed by atoms with Crippen molar-refractivity contribution in [3.63, 3.8) is 0 Å². The predicted octanol–water partition coefficient (Wildman–Crippen LogP) is 5.49. The highest BCUT2D eigenvalue weighted by Crippen LogP contribution is 2.58. The summed E-state index contributed by atoms with van der Waals surface area (Å²) < 4.78 is 36.9. The molecule has 0 bridgehead atoms. The van der Waals surface area contributed by atoms with E-state index in [1.165, 1.54) is 18.2 Å². The second kappa shape index (κ2) is 8.92. The summed E-state index contributed by atoms with van der Waals surface area (Å²) >= 11 is 6.52. The first kappa shape index (κ1) is 21.7. The van der Waals surface area contributed by atoms with Gasteiger partial charge in [-0.05, 0) is 54.6 Å². The maximum atomic E-state index is 13.8. The van der Waals surface area contributed by atoms with Gasteiger partial charge in [-0.25, -0.2) is 0 Å². The van der Waals surface area contributed by atoms with Crippen LogP contribution in [-0.2, 0) is 16.4 Å². The van der Waals surface area contributed by atoms with Crippen molar-refractivity contribution in [3.8, 4) is 0 Å². The molecule has 0 radical (unpaired) electrons. The number of halogens is 2. The van der Waals surface area contributed by atoms with Gasteiger partial charge < -0.3 is 0 Å². The minimum absolute atomic E-state index is 0.376. The van der Waals surface area contributed by atoms with Gasteiger partial charge in [0, 0.05) is 10.6 Å². The van der Waals surface area contributed by atoms with Crippen LogP contribution in [0.4, 0.5) is 3.89 Å². The third-order valence-corrected chi connectivity index (χ3v) is 10.8. The molecule has 0 heterocycles. The van der Waals surface area contributed by atoms with E-state index < -0.39 is 17.5 Å². The third-order valence-electron chi connectivity index (χ3n) is 5.30. The molecule has 31 heavy (non-hydrogen) atoms. The Balaban J connectivity index is 2.02. The van der Waals surface area contributed by atoms with Gasteiger partial charge in [0.1, 0.15) is 23.2 Å². The van der Waals surface area contributed by atoms with E-state index in [9.17, 15) is 12.3 Å². The lowest BCUT2D eigenvalue weighted by Gasteiger charge is -2.28. The van der Waals surface area contributed by atoms with Crippen LogP contribution in [-0.4, -0.2) is 8.42 Å². The molecule has 0 aliphatic heterocycles. The van der Waals surface area contributed by atoms with E-state index in [1.54, 1.807) is 0 Å². The Bertz CT molecular complexity index is 1180. The van der Waals surface area contributed by atoms with Gasteiger partial charge in [-0.1, -0.05) is 66.2 Å². The molecule has 4 rings (SSSR count). The average molecular weight is 470 g/mol. The monoisotopic (exact) mass is 469 g/mol. The predicted molar refractivity (Wildman–Crippen MR) is 129 cm³/mol. The summed E-state index contributed by atoms with van der Waals surface area (Å²) in [5.41, 5.74) is 0.602. The molecule has 0 fully saturated rings. The standard InChI is InChI=1S/C25H20ClFO2PS/c26-25-17-16-24(31(27,28)29)18-20(25)19-30(21-10-4-1-5-11-21,22-12-6-2-7-13-22)23-14-8-3-9-15-23/h1-18H,19H2/q+1. The van der Waals surface area contributed by atoms with Crippen LogP contribution in [0.1, 0.15) is 5.56 Å². The van der Waals surface area contributed by atoms with E-state index >= 15 is 0 Å². The molecule has 0 saturated heterocycles.